The third-order valence-corrected chi connectivity index (χ3v) is 5.24. The topological polar surface area (TPSA) is 66.0 Å². The SMILES string of the molecule is COc1cc(C=Cc2cc(Cl)c(OC)c(N/C=C\C(=O)c3ccccc3)c2)cc(OC)c1OC. The largest absolute Gasteiger partial charge is 0.493 e. The number of ketones is 1. The summed E-state index contributed by atoms with van der Waals surface area (Å²) in [6.07, 6.45) is 6.83. The van der Waals surface area contributed by atoms with Crippen LogP contribution in [0.2, 0.25) is 5.02 Å². The van der Waals surface area contributed by atoms with Crippen LogP contribution >= 0.6 is 11.6 Å². The maximum absolute atomic E-state index is 12.3. The molecule has 0 bridgehead atoms. The fourth-order valence-corrected chi connectivity index (χ4v) is 3.63. The van der Waals surface area contributed by atoms with Gasteiger partial charge in [0.05, 0.1) is 39.1 Å². The van der Waals surface area contributed by atoms with Crippen LogP contribution in [0.3, 0.4) is 0 Å². The molecule has 0 aliphatic heterocycles. The van der Waals surface area contributed by atoms with Crippen LogP contribution in [0.4, 0.5) is 5.69 Å². The molecule has 176 valence electrons. The van der Waals surface area contributed by atoms with Crippen LogP contribution in [0.5, 0.6) is 23.0 Å². The van der Waals surface area contributed by atoms with E-state index >= 15 is 0 Å². The fraction of sp³-hybridized carbons (Fsp3) is 0.148. The average molecular weight is 480 g/mol. The first-order chi connectivity index (χ1) is 16.5. The van der Waals surface area contributed by atoms with Gasteiger partial charge in [0.25, 0.3) is 0 Å². The number of nitrogens with one attached hydrogen (secondary N) is 1. The minimum absolute atomic E-state index is 0.114. The Labute approximate surface area is 204 Å². The molecule has 34 heavy (non-hydrogen) atoms. The van der Waals surface area contributed by atoms with Crippen molar-refractivity contribution in [2.24, 2.45) is 0 Å². The van der Waals surface area contributed by atoms with Gasteiger partial charge >= 0.3 is 0 Å². The summed E-state index contributed by atoms with van der Waals surface area (Å²) in [7, 11) is 6.24. The monoisotopic (exact) mass is 479 g/mol. The minimum Gasteiger partial charge on any atom is -0.493 e. The number of allylic oxidation sites excluding steroid dienone is 1. The van der Waals surface area contributed by atoms with Crippen molar-refractivity contribution in [3.8, 4) is 23.0 Å². The summed E-state index contributed by atoms with van der Waals surface area (Å²) in [6.45, 7) is 0. The summed E-state index contributed by atoms with van der Waals surface area (Å²) in [5, 5.41) is 3.52. The van der Waals surface area contributed by atoms with E-state index in [1.54, 1.807) is 45.7 Å². The molecule has 3 aromatic carbocycles. The molecule has 0 amide bonds. The van der Waals surface area contributed by atoms with Crippen LogP contribution in [-0.2, 0) is 0 Å². The first-order valence-corrected chi connectivity index (χ1v) is 10.8. The molecule has 0 unspecified atom stereocenters. The van der Waals surface area contributed by atoms with Gasteiger partial charge in [-0.05, 0) is 35.4 Å². The van der Waals surface area contributed by atoms with Gasteiger partial charge in [0.1, 0.15) is 0 Å². The number of anilines is 1. The lowest BCUT2D eigenvalue weighted by molar-refractivity contribution is 0.104. The zero-order valence-corrected chi connectivity index (χ0v) is 20.2. The average Bonchev–Trinajstić information content (AvgIpc) is 2.87. The lowest BCUT2D eigenvalue weighted by Gasteiger charge is -2.13. The zero-order valence-electron chi connectivity index (χ0n) is 19.4. The Kier molecular flexibility index (Phi) is 8.60. The van der Waals surface area contributed by atoms with Crippen LogP contribution < -0.4 is 24.3 Å². The molecule has 0 fully saturated rings. The van der Waals surface area contributed by atoms with Crippen molar-refractivity contribution in [1.29, 1.82) is 0 Å². The lowest BCUT2D eigenvalue weighted by atomic mass is 10.1. The second-order valence-electron chi connectivity index (χ2n) is 7.08. The van der Waals surface area contributed by atoms with E-state index in [0.717, 1.165) is 11.1 Å². The van der Waals surface area contributed by atoms with Gasteiger partial charge in [-0.15, -0.1) is 0 Å². The number of hydrogen-bond acceptors (Lipinski definition) is 6. The fourth-order valence-electron chi connectivity index (χ4n) is 3.32. The highest BCUT2D eigenvalue weighted by atomic mass is 35.5. The van der Waals surface area contributed by atoms with E-state index in [1.165, 1.54) is 13.2 Å². The highest BCUT2D eigenvalue weighted by molar-refractivity contribution is 6.32. The van der Waals surface area contributed by atoms with Crippen LogP contribution in [0.15, 0.2) is 66.9 Å². The second kappa shape index (κ2) is 11.8. The van der Waals surface area contributed by atoms with E-state index < -0.39 is 0 Å². The highest BCUT2D eigenvalue weighted by Crippen LogP contribution is 2.39. The minimum atomic E-state index is -0.114. The van der Waals surface area contributed by atoms with Gasteiger partial charge in [0.15, 0.2) is 23.0 Å². The predicted molar refractivity (Wildman–Crippen MR) is 137 cm³/mol. The van der Waals surface area contributed by atoms with Crippen molar-refractivity contribution in [1.82, 2.24) is 0 Å². The van der Waals surface area contributed by atoms with Crippen molar-refractivity contribution < 1.29 is 23.7 Å². The number of rotatable bonds is 10. The van der Waals surface area contributed by atoms with Gasteiger partial charge in [-0.25, -0.2) is 0 Å². The number of benzene rings is 3. The summed E-state index contributed by atoms with van der Waals surface area (Å²) in [5.74, 6) is 2.01. The summed E-state index contributed by atoms with van der Waals surface area (Å²) >= 11 is 6.44. The van der Waals surface area contributed by atoms with E-state index in [1.807, 2.05) is 48.6 Å². The Bertz CT molecular complexity index is 1180. The Morgan fingerprint density at radius 2 is 1.38 bits per heavy atom. The second-order valence-corrected chi connectivity index (χ2v) is 7.49. The maximum Gasteiger partial charge on any atom is 0.203 e. The summed E-state index contributed by atoms with van der Waals surface area (Å²) in [6, 6.07) is 16.4. The Hall–Kier alpha value is -3.90. The molecule has 0 heterocycles. The number of methoxy groups -OCH3 is 4. The van der Waals surface area contributed by atoms with Crippen LogP contribution in [0, 0.1) is 0 Å². The zero-order chi connectivity index (χ0) is 24.5. The molecule has 3 rings (SSSR count). The highest BCUT2D eigenvalue weighted by Gasteiger charge is 2.13. The third-order valence-electron chi connectivity index (χ3n) is 4.96. The molecule has 0 radical (unpaired) electrons. The standard InChI is InChI=1S/C27H26ClNO5/c1-31-24-16-19(17-25(32-2)27(24)34-4)11-10-18-14-21(28)26(33-3)22(15-18)29-13-12-23(30)20-8-6-5-7-9-20/h5-17,29H,1-4H3/b11-10?,13-12-. The molecule has 0 aromatic heterocycles. The molecule has 3 aromatic rings. The van der Waals surface area contributed by atoms with E-state index in [2.05, 4.69) is 5.32 Å². The van der Waals surface area contributed by atoms with E-state index in [9.17, 15) is 4.79 Å². The lowest BCUT2D eigenvalue weighted by Crippen LogP contribution is -1.98. The Balaban J connectivity index is 1.86. The van der Waals surface area contributed by atoms with Crippen molar-refractivity contribution in [3.63, 3.8) is 0 Å². The molecule has 0 saturated heterocycles. The third kappa shape index (κ3) is 5.91. The predicted octanol–water partition coefficient (Wildman–Crippen LogP) is 6.35. The molecule has 1 N–H and O–H groups in total. The summed E-state index contributed by atoms with van der Waals surface area (Å²) < 4.78 is 21.6. The molecule has 0 saturated carbocycles. The maximum atomic E-state index is 12.3. The number of halogens is 1. The summed E-state index contributed by atoms with van der Waals surface area (Å²) in [5.41, 5.74) is 2.90. The van der Waals surface area contributed by atoms with Gasteiger partial charge < -0.3 is 24.3 Å². The molecular weight excluding hydrogens is 454 g/mol. The first-order valence-electron chi connectivity index (χ1n) is 10.4. The van der Waals surface area contributed by atoms with E-state index in [4.69, 9.17) is 30.5 Å². The number of carbonyl (C=O) groups excluding carboxylic acids is 1. The van der Waals surface area contributed by atoms with Crippen molar-refractivity contribution >= 4 is 35.2 Å². The number of ether oxygens (including phenoxy) is 4. The molecular formula is C27H26ClNO5. The smallest absolute Gasteiger partial charge is 0.203 e. The van der Waals surface area contributed by atoms with Crippen LogP contribution in [0.25, 0.3) is 12.2 Å². The van der Waals surface area contributed by atoms with Crippen molar-refractivity contribution in [3.05, 3.63) is 88.6 Å². The first kappa shape index (κ1) is 24.7. The number of hydrogen-bond donors (Lipinski definition) is 1. The van der Waals surface area contributed by atoms with Gasteiger partial charge in [-0.2, -0.15) is 0 Å². The molecule has 0 aliphatic carbocycles. The Morgan fingerprint density at radius 3 is 1.94 bits per heavy atom. The summed E-state index contributed by atoms with van der Waals surface area (Å²) in [4.78, 5) is 12.3. The van der Waals surface area contributed by atoms with Gasteiger partial charge in [-0.3, -0.25) is 4.79 Å². The molecule has 0 spiro atoms. The molecule has 7 heteroatoms. The molecule has 0 atom stereocenters. The van der Waals surface area contributed by atoms with E-state index in [-0.39, 0.29) is 5.78 Å². The number of carbonyl (C=O) groups is 1. The van der Waals surface area contributed by atoms with Gasteiger partial charge in [0, 0.05) is 17.8 Å². The van der Waals surface area contributed by atoms with Crippen LogP contribution in [0.1, 0.15) is 21.5 Å². The Morgan fingerprint density at radius 1 is 0.794 bits per heavy atom. The molecule has 0 aliphatic rings. The normalized spacial score (nSPS) is 11.0. The van der Waals surface area contributed by atoms with E-state index in [0.29, 0.717) is 39.3 Å². The van der Waals surface area contributed by atoms with Crippen molar-refractivity contribution in [2.75, 3.05) is 33.8 Å². The molecule has 6 nitrogen and oxygen atoms in total. The quantitative estimate of drug-likeness (QED) is 0.207. The van der Waals surface area contributed by atoms with Gasteiger partial charge in [0.2, 0.25) is 5.75 Å². The van der Waals surface area contributed by atoms with Gasteiger partial charge in [-0.1, -0.05) is 54.1 Å². The van der Waals surface area contributed by atoms with Crippen molar-refractivity contribution in [2.45, 2.75) is 0 Å². The van der Waals surface area contributed by atoms with Crippen LogP contribution in [-0.4, -0.2) is 34.2 Å².